The molecular formula is C14H15N5O2. The highest BCUT2D eigenvalue weighted by Gasteiger charge is 2.30. The number of terminal acetylenes is 1. The van der Waals surface area contributed by atoms with Gasteiger partial charge in [0.1, 0.15) is 6.26 Å². The number of carbonyl (C=O) groups is 1. The SMILES string of the molecule is C#CCN1CCC[C@H]1C(=O)Nc1n[nH]c(-c2ccoc2)n1. The lowest BCUT2D eigenvalue weighted by molar-refractivity contribution is -0.120. The first kappa shape index (κ1) is 13.4. The Labute approximate surface area is 121 Å². The largest absolute Gasteiger partial charge is 0.472 e. The summed E-state index contributed by atoms with van der Waals surface area (Å²) in [5, 5.41) is 9.47. The van der Waals surface area contributed by atoms with Gasteiger partial charge in [0.15, 0.2) is 5.82 Å². The van der Waals surface area contributed by atoms with E-state index < -0.39 is 0 Å². The molecule has 0 spiro atoms. The highest BCUT2D eigenvalue weighted by Crippen LogP contribution is 2.19. The van der Waals surface area contributed by atoms with Gasteiger partial charge >= 0.3 is 0 Å². The number of H-pyrrole nitrogens is 1. The summed E-state index contributed by atoms with van der Waals surface area (Å²) in [5.41, 5.74) is 0.776. The molecule has 3 heterocycles. The summed E-state index contributed by atoms with van der Waals surface area (Å²) in [7, 11) is 0. The number of likely N-dealkylation sites (tertiary alicyclic amines) is 1. The van der Waals surface area contributed by atoms with Crippen molar-refractivity contribution in [2.45, 2.75) is 18.9 Å². The van der Waals surface area contributed by atoms with Crippen LogP contribution in [-0.2, 0) is 4.79 Å². The maximum Gasteiger partial charge on any atom is 0.249 e. The average molecular weight is 285 g/mol. The van der Waals surface area contributed by atoms with E-state index in [1.54, 1.807) is 18.6 Å². The van der Waals surface area contributed by atoms with Crippen LogP contribution >= 0.6 is 0 Å². The molecule has 0 saturated carbocycles. The van der Waals surface area contributed by atoms with E-state index in [1.165, 1.54) is 0 Å². The topological polar surface area (TPSA) is 87.0 Å². The van der Waals surface area contributed by atoms with Crippen molar-refractivity contribution in [3.8, 4) is 23.7 Å². The zero-order valence-electron chi connectivity index (χ0n) is 11.4. The van der Waals surface area contributed by atoms with Gasteiger partial charge in [0.2, 0.25) is 11.9 Å². The number of furan rings is 1. The summed E-state index contributed by atoms with van der Waals surface area (Å²) in [5.74, 6) is 3.26. The van der Waals surface area contributed by atoms with Gasteiger partial charge in [0, 0.05) is 0 Å². The molecule has 1 amide bonds. The number of hydrogen-bond donors (Lipinski definition) is 2. The lowest BCUT2D eigenvalue weighted by Gasteiger charge is -2.20. The minimum Gasteiger partial charge on any atom is -0.472 e. The molecule has 0 unspecified atom stereocenters. The fraction of sp³-hybridized carbons (Fsp3) is 0.357. The molecule has 108 valence electrons. The fourth-order valence-corrected chi connectivity index (χ4v) is 2.47. The third kappa shape index (κ3) is 2.80. The van der Waals surface area contributed by atoms with E-state index in [1.807, 2.05) is 4.90 Å². The first-order valence-corrected chi connectivity index (χ1v) is 6.71. The maximum absolute atomic E-state index is 12.3. The smallest absolute Gasteiger partial charge is 0.249 e. The average Bonchev–Trinajstić information content (AvgIpc) is 3.20. The Hall–Kier alpha value is -2.59. The molecule has 7 nitrogen and oxygen atoms in total. The van der Waals surface area contributed by atoms with Gasteiger partial charge in [0.05, 0.1) is 24.4 Å². The highest BCUT2D eigenvalue weighted by atomic mass is 16.3. The molecule has 1 aliphatic rings. The van der Waals surface area contributed by atoms with Crippen LogP contribution in [0.25, 0.3) is 11.4 Å². The van der Waals surface area contributed by atoms with Crippen molar-refractivity contribution in [3.63, 3.8) is 0 Å². The lowest BCUT2D eigenvalue weighted by atomic mass is 10.2. The Morgan fingerprint density at radius 3 is 3.33 bits per heavy atom. The van der Waals surface area contributed by atoms with E-state index in [4.69, 9.17) is 10.8 Å². The Kier molecular flexibility index (Phi) is 3.71. The molecule has 1 aliphatic heterocycles. The lowest BCUT2D eigenvalue weighted by Crippen LogP contribution is -2.39. The van der Waals surface area contributed by atoms with Gasteiger partial charge in [-0.1, -0.05) is 5.92 Å². The third-order valence-corrected chi connectivity index (χ3v) is 3.48. The summed E-state index contributed by atoms with van der Waals surface area (Å²) in [4.78, 5) is 18.5. The first-order chi connectivity index (χ1) is 10.3. The van der Waals surface area contributed by atoms with Crippen LogP contribution < -0.4 is 5.32 Å². The third-order valence-electron chi connectivity index (χ3n) is 3.48. The highest BCUT2D eigenvalue weighted by molar-refractivity contribution is 5.93. The van der Waals surface area contributed by atoms with Crippen molar-refractivity contribution >= 4 is 11.9 Å². The van der Waals surface area contributed by atoms with Gasteiger partial charge in [-0.05, 0) is 25.5 Å². The number of carbonyl (C=O) groups excluding carboxylic acids is 1. The first-order valence-electron chi connectivity index (χ1n) is 6.71. The van der Waals surface area contributed by atoms with Gasteiger partial charge in [-0.25, -0.2) is 0 Å². The minimum absolute atomic E-state index is 0.125. The van der Waals surface area contributed by atoms with Crippen LogP contribution in [0.4, 0.5) is 5.95 Å². The van der Waals surface area contributed by atoms with E-state index in [9.17, 15) is 4.79 Å². The molecule has 2 N–H and O–H groups in total. The molecule has 1 fully saturated rings. The number of aromatic nitrogens is 3. The normalized spacial score (nSPS) is 18.5. The quantitative estimate of drug-likeness (QED) is 0.821. The van der Waals surface area contributed by atoms with Crippen LogP contribution in [0.5, 0.6) is 0 Å². The van der Waals surface area contributed by atoms with Crippen LogP contribution in [0.2, 0.25) is 0 Å². The molecule has 0 bridgehead atoms. The van der Waals surface area contributed by atoms with Crippen LogP contribution in [0.1, 0.15) is 12.8 Å². The Bertz CT molecular complexity index is 655. The molecule has 1 saturated heterocycles. The van der Waals surface area contributed by atoms with Crippen LogP contribution in [-0.4, -0.2) is 45.1 Å². The number of aromatic amines is 1. The zero-order chi connectivity index (χ0) is 14.7. The summed E-state index contributed by atoms with van der Waals surface area (Å²) in [6, 6.07) is 1.55. The molecule has 2 aromatic heterocycles. The second kappa shape index (κ2) is 5.81. The van der Waals surface area contributed by atoms with E-state index >= 15 is 0 Å². The molecule has 0 aliphatic carbocycles. The fourth-order valence-electron chi connectivity index (χ4n) is 2.47. The van der Waals surface area contributed by atoms with Crippen molar-refractivity contribution in [3.05, 3.63) is 18.6 Å². The standard InChI is InChI=1S/C14H15N5O2/c1-2-6-19-7-3-4-11(19)13(20)16-14-15-12(17-18-14)10-5-8-21-9-10/h1,5,8-9,11H,3-4,6-7H2,(H2,15,16,17,18,20)/t11-/m0/s1. The minimum atomic E-state index is -0.211. The number of nitrogens with one attached hydrogen (secondary N) is 2. The van der Waals surface area contributed by atoms with Gasteiger partial charge in [-0.2, -0.15) is 4.98 Å². The second-order valence-electron chi connectivity index (χ2n) is 4.84. The van der Waals surface area contributed by atoms with Crippen molar-refractivity contribution in [1.82, 2.24) is 20.1 Å². The number of hydrogen-bond acceptors (Lipinski definition) is 5. The molecule has 1 atom stereocenters. The van der Waals surface area contributed by atoms with Crippen LogP contribution in [0.3, 0.4) is 0 Å². The summed E-state index contributed by atoms with van der Waals surface area (Å²) < 4.78 is 4.98. The number of amides is 1. The molecule has 21 heavy (non-hydrogen) atoms. The van der Waals surface area contributed by atoms with Gasteiger partial charge in [-0.3, -0.25) is 20.1 Å². The van der Waals surface area contributed by atoms with E-state index in [0.29, 0.717) is 12.4 Å². The van der Waals surface area contributed by atoms with E-state index in [0.717, 1.165) is 24.9 Å². The van der Waals surface area contributed by atoms with Gasteiger partial charge in [-0.15, -0.1) is 11.5 Å². The van der Waals surface area contributed by atoms with E-state index in [2.05, 4.69) is 26.4 Å². The predicted octanol–water partition coefficient (Wildman–Crippen LogP) is 1.10. The van der Waals surface area contributed by atoms with E-state index in [-0.39, 0.29) is 17.9 Å². The van der Waals surface area contributed by atoms with Crippen molar-refractivity contribution in [1.29, 1.82) is 0 Å². The van der Waals surface area contributed by atoms with Crippen molar-refractivity contribution in [2.75, 3.05) is 18.4 Å². The maximum atomic E-state index is 12.3. The molecule has 0 aromatic carbocycles. The molecule has 0 radical (unpaired) electrons. The number of anilines is 1. The number of rotatable bonds is 4. The Balaban J connectivity index is 1.66. The van der Waals surface area contributed by atoms with Gasteiger partial charge < -0.3 is 4.42 Å². The molecule has 7 heteroatoms. The predicted molar refractivity (Wildman–Crippen MR) is 76.1 cm³/mol. The van der Waals surface area contributed by atoms with Crippen LogP contribution in [0.15, 0.2) is 23.0 Å². The molecular weight excluding hydrogens is 270 g/mol. The number of nitrogens with zero attached hydrogens (tertiary/aromatic N) is 3. The van der Waals surface area contributed by atoms with Crippen molar-refractivity contribution < 1.29 is 9.21 Å². The summed E-state index contributed by atoms with van der Waals surface area (Å²) in [6.45, 7) is 1.32. The Morgan fingerprint density at radius 2 is 2.57 bits per heavy atom. The second-order valence-corrected chi connectivity index (χ2v) is 4.84. The summed E-state index contributed by atoms with van der Waals surface area (Å²) >= 11 is 0. The van der Waals surface area contributed by atoms with Crippen molar-refractivity contribution in [2.24, 2.45) is 0 Å². The molecule has 2 aromatic rings. The monoisotopic (exact) mass is 285 g/mol. The van der Waals surface area contributed by atoms with Crippen LogP contribution in [0, 0.1) is 12.3 Å². The Morgan fingerprint density at radius 1 is 1.67 bits per heavy atom. The zero-order valence-corrected chi connectivity index (χ0v) is 11.4. The van der Waals surface area contributed by atoms with Gasteiger partial charge in [0.25, 0.3) is 0 Å². The summed E-state index contributed by atoms with van der Waals surface area (Å²) in [6.07, 6.45) is 10.2. The molecule has 3 rings (SSSR count).